The maximum absolute atomic E-state index is 11.1. The lowest BCUT2D eigenvalue weighted by Gasteiger charge is -2.09. The summed E-state index contributed by atoms with van der Waals surface area (Å²) in [6.45, 7) is 3.44. The summed E-state index contributed by atoms with van der Waals surface area (Å²) in [6.07, 6.45) is 1.77. The lowest BCUT2D eigenvalue weighted by atomic mass is 10.1. The van der Waals surface area contributed by atoms with Crippen molar-refractivity contribution in [1.82, 2.24) is 4.98 Å². The van der Waals surface area contributed by atoms with E-state index in [1.165, 1.54) is 6.92 Å². The summed E-state index contributed by atoms with van der Waals surface area (Å²) in [5.74, 6) is -0.0607. The lowest BCUT2D eigenvalue weighted by molar-refractivity contribution is -0.114. The topological polar surface area (TPSA) is 42.0 Å². The summed E-state index contributed by atoms with van der Waals surface area (Å²) in [7, 11) is 0. The van der Waals surface area contributed by atoms with E-state index in [4.69, 9.17) is 0 Å². The average Bonchev–Trinajstić information content (AvgIpc) is 2.22. The van der Waals surface area contributed by atoms with Crippen molar-refractivity contribution in [3.05, 3.63) is 36.0 Å². The monoisotopic (exact) mass is 200 g/mol. The van der Waals surface area contributed by atoms with Crippen LogP contribution >= 0.6 is 0 Å². The van der Waals surface area contributed by atoms with Crippen LogP contribution in [-0.4, -0.2) is 10.9 Å². The van der Waals surface area contributed by atoms with Crippen molar-refractivity contribution in [3.63, 3.8) is 0 Å². The van der Waals surface area contributed by atoms with Crippen LogP contribution in [0.15, 0.2) is 30.5 Å². The SMILES string of the molecule is CC(=O)Nc1c(C)cnc2ccccc12. The third-order valence-electron chi connectivity index (χ3n) is 2.27. The number of fused-ring (bicyclic) bond motifs is 1. The van der Waals surface area contributed by atoms with E-state index in [0.29, 0.717) is 0 Å². The third kappa shape index (κ3) is 1.81. The van der Waals surface area contributed by atoms with Crippen molar-refractivity contribution in [2.45, 2.75) is 13.8 Å². The highest BCUT2D eigenvalue weighted by Gasteiger charge is 2.05. The van der Waals surface area contributed by atoms with Crippen molar-refractivity contribution in [2.75, 3.05) is 5.32 Å². The van der Waals surface area contributed by atoms with Gasteiger partial charge >= 0.3 is 0 Å². The number of para-hydroxylation sites is 1. The Balaban J connectivity index is 2.68. The zero-order chi connectivity index (χ0) is 10.8. The summed E-state index contributed by atoms with van der Waals surface area (Å²) in [5, 5.41) is 3.82. The number of amides is 1. The van der Waals surface area contributed by atoms with E-state index >= 15 is 0 Å². The molecular weight excluding hydrogens is 188 g/mol. The van der Waals surface area contributed by atoms with Crippen LogP contribution in [0.2, 0.25) is 0 Å². The lowest BCUT2D eigenvalue weighted by Crippen LogP contribution is -2.08. The van der Waals surface area contributed by atoms with Crippen LogP contribution in [0.4, 0.5) is 5.69 Å². The molecule has 0 spiro atoms. The Labute approximate surface area is 88.1 Å². The number of aromatic nitrogens is 1. The molecule has 3 nitrogen and oxygen atoms in total. The van der Waals surface area contributed by atoms with Crippen molar-refractivity contribution in [1.29, 1.82) is 0 Å². The molecule has 0 aliphatic carbocycles. The summed E-state index contributed by atoms with van der Waals surface area (Å²) in [5.41, 5.74) is 2.73. The van der Waals surface area contributed by atoms with Crippen LogP contribution in [0.25, 0.3) is 10.9 Å². The summed E-state index contributed by atoms with van der Waals surface area (Å²) < 4.78 is 0. The second-order valence-corrected chi connectivity index (χ2v) is 3.51. The minimum Gasteiger partial charge on any atom is -0.325 e. The first kappa shape index (κ1) is 9.65. The minimum atomic E-state index is -0.0607. The van der Waals surface area contributed by atoms with Gasteiger partial charge in [0.1, 0.15) is 0 Å². The van der Waals surface area contributed by atoms with Crippen molar-refractivity contribution in [3.8, 4) is 0 Å². The number of aryl methyl sites for hydroxylation is 1. The summed E-state index contributed by atoms with van der Waals surface area (Å²) >= 11 is 0. The molecule has 0 unspecified atom stereocenters. The van der Waals surface area contributed by atoms with E-state index < -0.39 is 0 Å². The number of hydrogen-bond donors (Lipinski definition) is 1. The predicted octanol–water partition coefficient (Wildman–Crippen LogP) is 2.50. The largest absolute Gasteiger partial charge is 0.325 e. The third-order valence-corrected chi connectivity index (χ3v) is 2.27. The zero-order valence-electron chi connectivity index (χ0n) is 8.74. The van der Waals surface area contributed by atoms with Crippen molar-refractivity contribution in [2.24, 2.45) is 0 Å². The van der Waals surface area contributed by atoms with Crippen LogP contribution in [0.1, 0.15) is 12.5 Å². The Hall–Kier alpha value is -1.90. The molecule has 76 valence electrons. The molecule has 1 aromatic heterocycles. The van der Waals surface area contributed by atoms with Gasteiger partial charge < -0.3 is 5.32 Å². The van der Waals surface area contributed by atoms with Gasteiger partial charge in [-0.2, -0.15) is 0 Å². The second-order valence-electron chi connectivity index (χ2n) is 3.51. The molecule has 2 aromatic rings. The molecule has 0 atom stereocenters. The number of carbonyl (C=O) groups excluding carboxylic acids is 1. The number of rotatable bonds is 1. The van der Waals surface area contributed by atoms with E-state index in [0.717, 1.165) is 22.2 Å². The van der Waals surface area contributed by atoms with Crippen LogP contribution in [0.5, 0.6) is 0 Å². The maximum Gasteiger partial charge on any atom is 0.221 e. The van der Waals surface area contributed by atoms with Gasteiger partial charge in [0, 0.05) is 18.5 Å². The Kier molecular flexibility index (Phi) is 2.37. The molecule has 1 aromatic carbocycles. The van der Waals surface area contributed by atoms with Crippen LogP contribution in [0.3, 0.4) is 0 Å². The molecule has 1 heterocycles. The Morgan fingerprint density at radius 3 is 2.80 bits per heavy atom. The maximum atomic E-state index is 11.1. The van der Waals surface area contributed by atoms with E-state index in [1.54, 1.807) is 6.20 Å². The van der Waals surface area contributed by atoms with Crippen LogP contribution in [0, 0.1) is 6.92 Å². The Bertz CT molecular complexity index is 520. The van der Waals surface area contributed by atoms with Crippen molar-refractivity contribution < 1.29 is 4.79 Å². The first-order valence-electron chi connectivity index (χ1n) is 4.80. The quantitative estimate of drug-likeness (QED) is 0.768. The normalized spacial score (nSPS) is 10.3. The molecule has 3 heteroatoms. The highest BCUT2D eigenvalue weighted by atomic mass is 16.1. The molecule has 1 amide bonds. The molecule has 0 saturated heterocycles. The number of nitrogens with one attached hydrogen (secondary N) is 1. The number of hydrogen-bond acceptors (Lipinski definition) is 2. The minimum absolute atomic E-state index is 0.0607. The fraction of sp³-hybridized carbons (Fsp3) is 0.167. The van der Waals surface area contributed by atoms with E-state index in [2.05, 4.69) is 10.3 Å². The molecule has 2 rings (SSSR count). The highest BCUT2D eigenvalue weighted by molar-refractivity contribution is 6.01. The van der Waals surface area contributed by atoms with Gasteiger partial charge in [-0.1, -0.05) is 18.2 Å². The van der Waals surface area contributed by atoms with Crippen LogP contribution < -0.4 is 5.32 Å². The Morgan fingerprint density at radius 2 is 2.07 bits per heavy atom. The van der Waals surface area contributed by atoms with Gasteiger partial charge in [0.05, 0.1) is 11.2 Å². The van der Waals surface area contributed by atoms with Gasteiger partial charge in [-0.25, -0.2) is 0 Å². The molecule has 0 aliphatic heterocycles. The number of carbonyl (C=O) groups is 1. The van der Waals surface area contributed by atoms with Gasteiger partial charge in [-0.05, 0) is 18.6 Å². The molecule has 0 saturated carbocycles. The fourth-order valence-corrected chi connectivity index (χ4v) is 1.58. The molecule has 0 aliphatic rings. The van der Waals surface area contributed by atoms with Crippen molar-refractivity contribution >= 4 is 22.5 Å². The highest BCUT2D eigenvalue weighted by Crippen LogP contribution is 2.24. The van der Waals surface area contributed by atoms with E-state index in [1.807, 2.05) is 31.2 Å². The molecule has 15 heavy (non-hydrogen) atoms. The molecule has 1 N–H and O–H groups in total. The first-order valence-corrected chi connectivity index (χ1v) is 4.80. The van der Waals surface area contributed by atoms with Gasteiger partial charge in [0.2, 0.25) is 5.91 Å². The van der Waals surface area contributed by atoms with E-state index in [-0.39, 0.29) is 5.91 Å². The molecule has 0 fully saturated rings. The predicted molar refractivity (Wildman–Crippen MR) is 60.8 cm³/mol. The summed E-state index contributed by atoms with van der Waals surface area (Å²) in [4.78, 5) is 15.4. The summed E-state index contributed by atoms with van der Waals surface area (Å²) in [6, 6.07) is 7.76. The number of nitrogens with zero attached hydrogens (tertiary/aromatic N) is 1. The smallest absolute Gasteiger partial charge is 0.221 e. The standard InChI is InChI=1S/C12H12N2O/c1-8-7-13-11-6-4-3-5-10(11)12(8)14-9(2)15/h3-7H,1-2H3,(H,13,14,15). The first-order chi connectivity index (χ1) is 7.18. The number of benzene rings is 1. The molecular formula is C12H12N2O. The zero-order valence-corrected chi connectivity index (χ0v) is 8.74. The average molecular weight is 200 g/mol. The van der Waals surface area contributed by atoms with Crippen LogP contribution in [-0.2, 0) is 4.79 Å². The van der Waals surface area contributed by atoms with Gasteiger partial charge in [0.15, 0.2) is 0 Å². The second kappa shape index (κ2) is 3.69. The fourth-order valence-electron chi connectivity index (χ4n) is 1.58. The van der Waals surface area contributed by atoms with Gasteiger partial charge in [-0.3, -0.25) is 9.78 Å². The molecule has 0 radical (unpaired) electrons. The van der Waals surface area contributed by atoms with Gasteiger partial charge in [0.25, 0.3) is 0 Å². The number of pyridine rings is 1. The number of anilines is 1. The molecule has 0 bridgehead atoms. The van der Waals surface area contributed by atoms with Gasteiger partial charge in [-0.15, -0.1) is 0 Å². The Morgan fingerprint density at radius 1 is 1.33 bits per heavy atom. The van der Waals surface area contributed by atoms with E-state index in [9.17, 15) is 4.79 Å².